The summed E-state index contributed by atoms with van der Waals surface area (Å²) < 4.78 is 0. The first-order valence-electron chi connectivity index (χ1n) is 7.85. The summed E-state index contributed by atoms with van der Waals surface area (Å²) in [5.41, 5.74) is 2.40. The number of anilines is 1. The van der Waals surface area contributed by atoms with Crippen molar-refractivity contribution in [3.05, 3.63) is 65.7 Å². The fourth-order valence-electron chi connectivity index (χ4n) is 2.39. The van der Waals surface area contributed by atoms with Crippen LogP contribution in [0.15, 0.2) is 54.6 Å². The number of carbonyl (C=O) groups excluding carboxylic acids is 1. The van der Waals surface area contributed by atoms with Gasteiger partial charge in [-0.05, 0) is 36.6 Å². The maximum atomic E-state index is 12.0. The molecule has 2 aromatic carbocycles. The van der Waals surface area contributed by atoms with Crippen LogP contribution in [0.4, 0.5) is 10.5 Å². The quantitative estimate of drug-likeness (QED) is 0.762. The molecule has 0 saturated carbocycles. The average Bonchev–Trinajstić information content (AvgIpc) is 2.57. The molecule has 0 aliphatic rings. The molecule has 0 aliphatic heterocycles. The first-order valence-corrected chi connectivity index (χ1v) is 7.85. The van der Waals surface area contributed by atoms with Gasteiger partial charge in [-0.15, -0.1) is 0 Å². The Bertz CT molecular complexity index is 693. The van der Waals surface area contributed by atoms with E-state index in [-0.39, 0.29) is 12.1 Å². The van der Waals surface area contributed by atoms with Crippen molar-refractivity contribution in [3.63, 3.8) is 0 Å². The van der Waals surface area contributed by atoms with E-state index >= 15 is 0 Å². The number of amides is 2. The van der Waals surface area contributed by atoms with Crippen molar-refractivity contribution in [2.75, 3.05) is 5.32 Å². The lowest BCUT2D eigenvalue weighted by atomic mass is 10.0. The van der Waals surface area contributed by atoms with E-state index in [0.717, 1.165) is 11.1 Å². The van der Waals surface area contributed by atoms with Crippen molar-refractivity contribution in [2.45, 2.75) is 31.9 Å². The third kappa shape index (κ3) is 5.41. The van der Waals surface area contributed by atoms with E-state index in [4.69, 9.17) is 5.26 Å². The molecule has 0 saturated heterocycles. The summed E-state index contributed by atoms with van der Waals surface area (Å²) in [5, 5.41) is 24.4. The van der Waals surface area contributed by atoms with Gasteiger partial charge in [0.05, 0.1) is 18.6 Å². The van der Waals surface area contributed by atoms with E-state index in [1.54, 1.807) is 24.3 Å². The number of aliphatic hydroxyl groups is 1. The minimum absolute atomic E-state index is 0.182. The molecule has 0 aliphatic carbocycles. The molecule has 5 heteroatoms. The fraction of sp³-hybridized carbons (Fsp3) is 0.263. The summed E-state index contributed by atoms with van der Waals surface area (Å²) in [6.45, 7) is 1.85. The first-order chi connectivity index (χ1) is 11.6. The number of nitrogens with one attached hydrogen (secondary N) is 2. The lowest BCUT2D eigenvalue weighted by molar-refractivity contribution is 0.155. The Balaban J connectivity index is 1.82. The minimum atomic E-state index is -0.619. The summed E-state index contributed by atoms with van der Waals surface area (Å²) in [6, 6.07) is 18.1. The fourth-order valence-corrected chi connectivity index (χ4v) is 2.39. The van der Waals surface area contributed by atoms with Crippen molar-refractivity contribution in [3.8, 4) is 6.07 Å². The van der Waals surface area contributed by atoms with Crippen LogP contribution >= 0.6 is 0 Å². The molecule has 124 valence electrons. The van der Waals surface area contributed by atoms with Gasteiger partial charge < -0.3 is 15.7 Å². The van der Waals surface area contributed by atoms with E-state index in [1.165, 1.54) is 0 Å². The van der Waals surface area contributed by atoms with Gasteiger partial charge >= 0.3 is 6.03 Å². The molecule has 2 aromatic rings. The molecule has 2 amide bonds. The smallest absolute Gasteiger partial charge is 0.319 e. The molecule has 0 spiro atoms. The molecule has 5 nitrogen and oxygen atoms in total. The topological polar surface area (TPSA) is 85.2 Å². The Kier molecular flexibility index (Phi) is 6.35. The van der Waals surface area contributed by atoms with Crippen LogP contribution < -0.4 is 10.6 Å². The van der Waals surface area contributed by atoms with Gasteiger partial charge in [-0.1, -0.05) is 42.5 Å². The highest BCUT2D eigenvalue weighted by Crippen LogP contribution is 2.17. The van der Waals surface area contributed by atoms with Crippen LogP contribution in [0.25, 0.3) is 0 Å². The summed E-state index contributed by atoms with van der Waals surface area (Å²) in [6.07, 6.45) is 0.158. The normalized spacial score (nSPS) is 12.7. The van der Waals surface area contributed by atoms with E-state index in [1.807, 2.05) is 37.3 Å². The number of nitrogens with zero attached hydrogens (tertiary/aromatic N) is 1. The molecular formula is C19H21N3O2. The Morgan fingerprint density at radius 1 is 1.17 bits per heavy atom. The first kappa shape index (κ1) is 17.5. The second kappa shape index (κ2) is 8.70. The number of nitriles is 1. The number of benzene rings is 2. The average molecular weight is 323 g/mol. The van der Waals surface area contributed by atoms with Crippen molar-refractivity contribution in [2.24, 2.45) is 0 Å². The Labute approximate surface area is 141 Å². The molecular weight excluding hydrogens is 302 g/mol. The second-order valence-corrected chi connectivity index (χ2v) is 5.69. The SMILES string of the molecule is CC(CC(O)c1ccccc1)NC(=O)Nc1ccc(CC#N)cc1. The van der Waals surface area contributed by atoms with Crippen LogP contribution in [-0.2, 0) is 6.42 Å². The molecule has 0 heterocycles. The van der Waals surface area contributed by atoms with Crippen LogP contribution in [0, 0.1) is 11.3 Å². The van der Waals surface area contributed by atoms with Crippen LogP contribution in [0.3, 0.4) is 0 Å². The van der Waals surface area contributed by atoms with Gasteiger partial charge in [0.25, 0.3) is 0 Å². The van der Waals surface area contributed by atoms with E-state index in [2.05, 4.69) is 16.7 Å². The third-order valence-corrected chi connectivity index (χ3v) is 3.63. The van der Waals surface area contributed by atoms with Gasteiger partial charge in [-0.25, -0.2) is 4.79 Å². The summed E-state index contributed by atoms with van der Waals surface area (Å²) in [5.74, 6) is 0. The lowest BCUT2D eigenvalue weighted by Crippen LogP contribution is -2.37. The molecule has 24 heavy (non-hydrogen) atoms. The summed E-state index contributed by atoms with van der Waals surface area (Å²) in [7, 11) is 0. The minimum Gasteiger partial charge on any atom is -0.388 e. The molecule has 2 atom stereocenters. The molecule has 2 rings (SSSR count). The maximum Gasteiger partial charge on any atom is 0.319 e. The highest BCUT2D eigenvalue weighted by Gasteiger charge is 2.14. The highest BCUT2D eigenvalue weighted by molar-refractivity contribution is 5.89. The largest absolute Gasteiger partial charge is 0.388 e. The van der Waals surface area contributed by atoms with E-state index in [9.17, 15) is 9.90 Å². The molecule has 0 aromatic heterocycles. The van der Waals surface area contributed by atoms with Crippen LogP contribution in [-0.4, -0.2) is 17.2 Å². The van der Waals surface area contributed by atoms with Gasteiger partial charge in [0.1, 0.15) is 0 Å². The molecule has 0 radical (unpaired) electrons. The zero-order valence-electron chi connectivity index (χ0n) is 13.6. The number of hydrogen-bond donors (Lipinski definition) is 3. The van der Waals surface area contributed by atoms with Gasteiger partial charge in [0.15, 0.2) is 0 Å². The van der Waals surface area contributed by atoms with Crippen molar-refractivity contribution in [1.82, 2.24) is 5.32 Å². The second-order valence-electron chi connectivity index (χ2n) is 5.69. The Hall–Kier alpha value is -2.84. The zero-order valence-corrected chi connectivity index (χ0v) is 13.6. The van der Waals surface area contributed by atoms with Crippen molar-refractivity contribution >= 4 is 11.7 Å². The Morgan fingerprint density at radius 3 is 2.46 bits per heavy atom. The predicted molar refractivity (Wildman–Crippen MR) is 93.4 cm³/mol. The number of carbonyl (C=O) groups is 1. The predicted octanol–water partition coefficient (Wildman–Crippen LogP) is 3.39. The molecule has 0 fully saturated rings. The standard InChI is InChI=1S/C19H21N3O2/c1-14(13-18(23)16-5-3-2-4-6-16)21-19(24)22-17-9-7-15(8-10-17)11-12-20/h2-10,14,18,23H,11,13H2,1H3,(H2,21,22,24). The van der Waals surface area contributed by atoms with E-state index < -0.39 is 6.10 Å². The number of hydrogen-bond acceptors (Lipinski definition) is 3. The summed E-state index contributed by atoms with van der Waals surface area (Å²) in [4.78, 5) is 12.0. The van der Waals surface area contributed by atoms with Crippen molar-refractivity contribution < 1.29 is 9.90 Å². The van der Waals surface area contributed by atoms with Crippen LogP contribution in [0.5, 0.6) is 0 Å². The molecule has 0 bridgehead atoms. The van der Waals surface area contributed by atoms with Gasteiger partial charge in [0.2, 0.25) is 0 Å². The van der Waals surface area contributed by atoms with E-state index in [0.29, 0.717) is 18.5 Å². The maximum absolute atomic E-state index is 12.0. The lowest BCUT2D eigenvalue weighted by Gasteiger charge is -2.18. The third-order valence-electron chi connectivity index (χ3n) is 3.63. The summed E-state index contributed by atoms with van der Waals surface area (Å²) >= 11 is 0. The molecule has 3 N–H and O–H groups in total. The van der Waals surface area contributed by atoms with Gasteiger partial charge in [-0.2, -0.15) is 5.26 Å². The van der Waals surface area contributed by atoms with Gasteiger partial charge in [-0.3, -0.25) is 0 Å². The van der Waals surface area contributed by atoms with Gasteiger partial charge in [0, 0.05) is 11.7 Å². The van der Waals surface area contributed by atoms with Crippen LogP contribution in [0.2, 0.25) is 0 Å². The Morgan fingerprint density at radius 2 is 1.83 bits per heavy atom. The van der Waals surface area contributed by atoms with Crippen molar-refractivity contribution in [1.29, 1.82) is 5.26 Å². The number of aliphatic hydroxyl groups excluding tert-OH is 1. The highest BCUT2D eigenvalue weighted by atomic mass is 16.3. The van der Waals surface area contributed by atoms with Crippen LogP contribution in [0.1, 0.15) is 30.6 Å². The number of urea groups is 1. The number of rotatable bonds is 6. The zero-order chi connectivity index (χ0) is 17.4. The molecule has 2 unspecified atom stereocenters. The monoisotopic (exact) mass is 323 g/mol.